The van der Waals surface area contributed by atoms with Crippen LogP contribution >= 0.6 is 0 Å². The molecule has 0 fully saturated rings. The number of nitrogens with one attached hydrogen (secondary N) is 1. The van der Waals surface area contributed by atoms with Crippen LogP contribution < -0.4 is 5.32 Å². The summed E-state index contributed by atoms with van der Waals surface area (Å²) in [6.45, 7) is 1.57. The van der Waals surface area contributed by atoms with Gasteiger partial charge in [-0.2, -0.15) is 13.2 Å². The van der Waals surface area contributed by atoms with Crippen LogP contribution in [0.25, 0.3) is 10.9 Å². The summed E-state index contributed by atoms with van der Waals surface area (Å²) < 4.78 is 53.6. The molecule has 2 aromatic heterocycles. The molecule has 0 spiro atoms. The predicted molar refractivity (Wildman–Crippen MR) is 86.9 cm³/mol. The van der Waals surface area contributed by atoms with Gasteiger partial charge < -0.3 is 5.32 Å². The Morgan fingerprint density at radius 3 is 2.58 bits per heavy atom. The second-order valence-electron chi connectivity index (χ2n) is 5.68. The van der Waals surface area contributed by atoms with E-state index in [1.165, 1.54) is 36.5 Å². The van der Waals surface area contributed by atoms with E-state index in [2.05, 4.69) is 9.97 Å². The average Bonchev–Trinajstić information content (AvgIpc) is 2.58. The van der Waals surface area contributed by atoms with Gasteiger partial charge in [0, 0.05) is 23.3 Å². The first-order valence-electron chi connectivity index (χ1n) is 7.61. The van der Waals surface area contributed by atoms with Crippen molar-refractivity contribution in [1.82, 2.24) is 15.3 Å². The van der Waals surface area contributed by atoms with E-state index in [1.54, 1.807) is 6.92 Å². The molecule has 1 aromatic carbocycles. The zero-order valence-electron chi connectivity index (χ0n) is 13.5. The van der Waals surface area contributed by atoms with Gasteiger partial charge in [0.1, 0.15) is 5.82 Å². The van der Waals surface area contributed by atoms with E-state index in [-0.39, 0.29) is 22.2 Å². The lowest BCUT2D eigenvalue weighted by Crippen LogP contribution is -2.38. The van der Waals surface area contributed by atoms with E-state index < -0.39 is 23.9 Å². The smallest absolute Gasteiger partial charge is 0.335 e. The summed E-state index contributed by atoms with van der Waals surface area (Å²) in [5.74, 6) is -1.50. The van der Waals surface area contributed by atoms with Crippen molar-refractivity contribution >= 4 is 16.8 Å². The quantitative estimate of drug-likeness (QED) is 0.713. The number of alkyl halides is 3. The number of fused-ring (bicyclic) bond motifs is 1. The number of rotatable bonds is 3. The van der Waals surface area contributed by atoms with Gasteiger partial charge >= 0.3 is 6.18 Å². The average molecular weight is 363 g/mol. The van der Waals surface area contributed by atoms with Crippen molar-refractivity contribution in [3.05, 3.63) is 71.4 Å². The third-order valence-electron chi connectivity index (χ3n) is 3.73. The Labute approximate surface area is 145 Å². The highest BCUT2D eigenvalue weighted by molar-refractivity contribution is 6.06. The topological polar surface area (TPSA) is 54.9 Å². The maximum Gasteiger partial charge on any atom is 0.414 e. The molecule has 1 unspecified atom stereocenters. The number of hydrogen-bond acceptors (Lipinski definition) is 3. The Balaban J connectivity index is 2.02. The third kappa shape index (κ3) is 3.63. The van der Waals surface area contributed by atoms with Crippen LogP contribution in [0.1, 0.15) is 27.8 Å². The number of carbonyl (C=O) groups is 1. The summed E-state index contributed by atoms with van der Waals surface area (Å²) in [7, 11) is 0. The molecular formula is C18H13F4N3O. The second kappa shape index (κ2) is 6.70. The summed E-state index contributed by atoms with van der Waals surface area (Å²) in [6, 6.07) is 6.73. The second-order valence-corrected chi connectivity index (χ2v) is 5.68. The van der Waals surface area contributed by atoms with Gasteiger partial charge in [-0.3, -0.25) is 14.8 Å². The Hall–Kier alpha value is -3.03. The predicted octanol–water partition coefficient (Wildman–Crippen LogP) is 4.11. The molecule has 0 saturated carbocycles. The summed E-state index contributed by atoms with van der Waals surface area (Å²) >= 11 is 0. The number of amides is 1. The van der Waals surface area contributed by atoms with Gasteiger partial charge in [-0.05, 0) is 37.3 Å². The van der Waals surface area contributed by atoms with Crippen LogP contribution in [0.4, 0.5) is 17.6 Å². The van der Waals surface area contributed by atoms with Gasteiger partial charge in [-0.1, -0.05) is 6.07 Å². The zero-order chi connectivity index (χ0) is 18.9. The number of halogens is 4. The highest BCUT2D eigenvalue weighted by Crippen LogP contribution is 2.32. The van der Waals surface area contributed by atoms with Crippen molar-refractivity contribution in [3.63, 3.8) is 0 Å². The van der Waals surface area contributed by atoms with E-state index in [0.29, 0.717) is 5.69 Å². The highest BCUT2D eigenvalue weighted by atomic mass is 19.4. The lowest BCUT2D eigenvalue weighted by atomic mass is 10.1. The normalized spacial score (nSPS) is 12.8. The van der Waals surface area contributed by atoms with Crippen molar-refractivity contribution in [2.45, 2.75) is 19.1 Å². The molecule has 1 N–H and O–H groups in total. The van der Waals surface area contributed by atoms with E-state index in [1.807, 2.05) is 5.32 Å². The first-order valence-corrected chi connectivity index (χ1v) is 7.61. The van der Waals surface area contributed by atoms with Crippen molar-refractivity contribution in [2.75, 3.05) is 0 Å². The van der Waals surface area contributed by atoms with E-state index in [0.717, 1.165) is 12.1 Å². The first kappa shape index (κ1) is 17.8. The fourth-order valence-electron chi connectivity index (χ4n) is 2.60. The van der Waals surface area contributed by atoms with Crippen LogP contribution in [-0.2, 0) is 0 Å². The Morgan fingerprint density at radius 2 is 1.92 bits per heavy atom. The zero-order valence-corrected chi connectivity index (χ0v) is 13.5. The minimum atomic E-state index is -4.73. The standard InChI is InChI=1S/C18H13F4N3O/c1-10-8-13(12-6-5-11(19)9-15(12)24-10)17(26)25-16(18(20,21)22)14-4-2-3-7-23-14/h2-9,16H,1H3,(H,25,26). The molecule has 0 saturated heterocycles. The molecule has 2 heterocycles. The van der Waals surface area contributed by atoms with Gasteiger partial charge in [0.2, 0.25) is 0 Å². The molecule has 26 heavy (non-hydrogen) atoms. The first-order chi connectivity index (χ1) is 12.3. The van der Waals surface area contributed by atoms with Crippen LogP contribution in [0.5, 0.6) is 0 Å². The molecule has 3 rings (SSSR count). The van der Waals surface area contributed by atoms with Crippen molar-refractivity contribution in [3.8, 4) is 0 Å². The number of nitrogens with zero attached hydrogens (tertiary/aromatic N) is 2. The molecule has 1 amide bonds. The number of aromatic nitrogens is 2. The highest BCUT2D eigenvalue weighted by Gasteiger charge is 2.43. The fraction of sp³-hybridized carbons (Fsp3) is 0.167. The van der Waals surface area contributed by atoms with Crippen LogP contribution in [0.2, 0.25) is 0 Å². The number of aryl methyl sites for hydroxylation is 1. The van der Waals surface area contributed by atoms with Gasteiger partial charge in [0.05, 0.1) is 16.8 Å². The number of carbonyl (C=O) groups excluding carboxylic acids is 1. The Kier molecular flexibility index (Phi) is 4.58. The van der Waals surface area contributed by atoms with Crippen molar-refractivity contribution in [2.24, 2.45) is 0 Å². The third-order valence-corrected chi connectivity index (χ3v) is 3.73. The van der Waals surface area contributed by atoms with Crippen LogP contribution in [0, 0.1) is 12.7 Å². The molecule has 3 aromatic rings. The maximum absolute atomic E-state index is 13.4. The summed E-state index contributed by atoms with van der Waals surface area (Å²) in [5, 5.41) is 2.24. The fourth-order valence-corrected chi connectivity index (χ4v) is 2.60. The monoisotopic (exact) mass is 363 g/mol. The van der Waals surface area contributed by atoms with Gasteiger partial charge in [0.15, 0.2) is 6.04 Å². The molecule has 0 aliphatic heterocycles. The molecule has 4 nitrogen and oxygen atoms in total. The lowest BCUT2D eigenvalue weighted by Gasteiger charge is -2.21. The molecule has 0 bridgehead atoms. The molecule has 134 valence electrons. The molecule has 0 aliphatic carbocycles. The summed E-state index contributed by atoms with van der Waals surface area (Å²) in [5.41, 5.74) is 0.235. The van der Waals surface area contributed by atoms with Gasteiger partial charge in [-0.25, -0.2) is 4.39 Å². The van der Waals surface area contributed by atoms with Crippen LogP contribution in [-0.4, -0.2) is 22.1 Å². The van der Waals surface area contributed by atoms with Gasteiger partial charge in [0.25, 0.3) is 5.91 Å². The molecule has 1 atom stereocenters. The number of hydrogen-bond donors (Lipinski definition) is 1. The van der Waals surface area contributed by atoms with E-state index in [9.17, 15) is 22.4 Å². The molecule has 8 heteroatoms. The number of benzene rings is 1. The van der Waals surface area contributed by atoms with Crippen LogP contribution in [0.15, 0.2) is 48.7 Å². The largest absolute Gasteiger partial charge is 0.414 e. The Morgan fingerprint density at radius 1 is 1.15 bits per heavy atom. The molecular weight excluding hydrogens is 350 g/mol. The number of pyridine rings is 2. The Bertz CT molecular complexity index is 953. The van der Waals surface area contributed by atoms with Gasteiger partial charge in [-0.15, -0.1) is 0 Å². The summed E-state index contributed by atoms with van der Waals surface area (Å²) in [4.78, 5) is 20.4. The SMILES string of the molecule is Cc1cc(C(=O)NC(c2ccccn2)C(F)(F)F)c2ccc(F)cc2n1. The maximum atomic E-state index is 13.4. The minimum absolute atomic E-state index is 0.0160. The van der Waals surface area contributed by atoms with Crippen molar-refractivity contribution < 1.29 is 22.4 Å². The van der Waals surface area contributed by atoms with Crippen molar-refractivity contribution in [1.29, 1.82) is 0 Å². The lowest BCUT2D eigenvalue weighted by molar-refractivity contribution is -0.156. The van der Waals surface area contributed by atoms with E-state index in [4.69, 9.17) is 0 Å². The van der Waals surface area contributed by atoms with Crippen LogP contribution in [0.3, 0.4) is 0 Å². The van der Waals surface area contributed by atoms with E-state index >= 15 is 0 Å². The summed E-state index contributed by atoms with van der Waals surface area (Å²) in [6.07, 6.45) is -3.51. The molecule has 0 radical (unpaired) electrons. The molecule has 0 aliphatic rings. The minimum Gasteiger partial charge on any atom is -0.335 e.